The topological polar surface area (TPSA) is 82.0 Å². The summed E-state index contributed by atoms with van der Waals surface area (Å²) in [5.41, 5.74) is 7.85. The summed E-state index contributed by atoms with van der Waals surface area (Å²) in [6.45, 7) is -0.195. The molecule has 7 nitrogen and oxygen atoms in total. The fourth-order valence-electron chi connectivity index (χ4n) is 4.22. The first-order valence-corrected chi connectivity index (χ1v) is 12.8. The zero-order chi connectivity index (χ0) is 27.9. The third-order valence-corrected chi connectivity index (χ3v) is 6.44. The average Bonchev–Trinajstić information content (AvgIpc) is 3.00. The summed E-state index contributed by atoms with van der Waals surface area (Å²) in [5.74, 6) is 1.41. The van der Waals surface area contributed by atoms with Crippen LogP contribution < -0.4 is 19.6 Å². The Hall–Kier alpha value is -4.88. The Balaban J connectivity index is 1.27. The largest absolute Gasteiger partial charge is 0.497 e. The van der Waals surface area contributed by atoms with E-state index in [9.17, 15) is 4.79 Å². The van der Waals surface area contributed by atoms with E-state index in [4.69, 9.17) is 30.8 Å². The van der Waals surface area contributed by atoms with E-state index >= 15 is 0 Å². The second kappa shape index (κ2) is 12.3. The molecule has 40 heavy (non-hydrogen) atoms. The summed E-state index contributed by atoms with van der Waals surface area (Å²) in [6.07, 6.45) is 1.49. The van der Waals surface area contributed by atoms with Gasteiger partial charge in [-0.3, -0.25) is 4.79 Å². The van der Waals surface area contributed by atoms with Gasteiger partial charge in [0.1, 0.15) is 17.2 Å². The second-order valence-electron chi connectivity index (χ2n) is 8.80. The van der Waals surface area contributed by atoms with Crippen molar-refractivity contribution in [2.75, 3.05) is 20.8 Å². The van der Waals surface area contributed by atoms with Gasteiger partial charge in [0, 0.05) is 21.5 Å². The molecular weight excluding hydrogens is 526 g/mol. The highest BCUT2D eigenvalue weighted by molar-refractivity contribution is 6.31. The lowest BCUT2D eigenvalue weighted by atomic mass is 9.98. The van der Waals surface area contributed by atoms with E-state index in [1.165, 1.54) is 6.21 Å². The number of fused-ring (bicyclic) bond motifs is 1. The Morgan fingerprint density at radius 3 is 2.40 bits per heavy atom. The van der Waals surface area contributed by atoms with Crippen molar-refractivity contribution in [3.8, 4) is 39.6 Å². The van der Waals surface area contributed by atoms with Crippen LogP contribution in [0.3, 0.4) is 0 Å². The van der Waals surface area contributed by atoms with Gasteiger partial charge in [-0.1, -0.05) is 41.9 Å². The smallest absolute Gasteiger partial charge is 0.277 e. The minimum absolute atomic E-state index is 0.195. The molecule has 0 saturated carbocycles. The number of aromatic nitrogens is 1. The lowest BCUT2D eigenvalue weighted by Crippen LogP contribution is -2.24. The molecule has 1 heterocycles. The minimum Gasteiger partial charge on any atom is -0.497 e. The van der Waals surface area contributed by atoms with Gasteiger partial charge in [-0.15, -0.1) is 0 Å². The summed E-state index contributed by atoms with van der Waals surface area (Å²) >= 11 is 6.30. The Bertz CT molecular complexity index is 1670. The molecule has 0 bridgehead atoms. The van der Waals surface area contributed by atoms with Crippen molar-refractivity contribution in [1.82, 2.24) is 10.4 Å². The fraction of sp³-hybridized carbons (Fsp3) is 0.0938. The minimum atomic E-state index is -0.399. The number of amides is 1. The molecular formula is C32H26ClN3O4. The number of nitrogens with zero attached hydrogens (tertiary/aromatic N) is 2. The number of hydrogen-bond acceptors (Lipinski definition) is 6. The van der Waals surface area contributed by atoms with Crippen LogP contribution in [0.15, 0.2) is 102 Å². The Morgan fingerprint density at radius 1 is 0.875 bits per heavy atom. The van der Waals surface area contributed by atoms with Crippen LogP contribution in [0.5, 0.6) is 17.2 Å². The Morgan fingerprint density at radius 2 is 1.65 bits per heavy atom. The maximum absolute atomic E-state index is 12.3. The van der Waals surface area contributed by atoms with Gasteiger partial charge in [0.25, 0.3) is 5.91 Å². The molecule has 0 saturated heterocycles. The van der Waals surface area contributed by atoms with Gasteiger partial charge < -0.3 is 14.2 Å². The van der Waals surface area contributed by atoms with Crippen LogP contribution in [-0.2, 0) is 4.79 Å². The molecule has 0 aliphatic rings. The summed E-state index contributed by atoms with van der Waals surface area (Å²) in [7, 11) is 3.14. The van der Waals surface area contributed by atoms with Crippen molar-refractivity contribution >= 4 is 34.6 Å². The van der Waals surface area contributed by atoms with Crippen molar-refractivity contribution < 1.29 is 19.0 Å². The van der Waals surface area contributed by atoms with Gasteiger partial charge in [0.2, 0.25) is 0 Å². The highest BCUT2D eigenvalue weighted by Gasteiger charge is 2.11. The van der Waals surface area contributed by atoms with Gasteiger partial charge in [0.05, 0.1) is 31.6 Å². The standard InChI is InChI=1S/C32H26ClN3O4/c1-38-26-13-15-31(39-2)23(16-26)19-34-36-32(37)20-40-25-11-8-22(9-12-25)30-18-27(21-6-4-3-5-7-21)28-17-24(33)10-14-29(28)35-30/h3-19H,20H2,1-2H3,(H,36,37). The van der Waals surface area contributed by atoms with Gasteiger partial charge in [0.15, 0.2) is 6.61 Å². The number of ether oxygens (including phenoxy) is 3. The highest BCUT2D eigenvalue weighted by atomic mass is 35.5. The molecule has 5 aromatic rings. The van der Waals surface area contributed by atoms with Crippen LogP contribution in [-0.4, -0.2) is 37.9 Å². The molecule has 0 aliphatic heterocycles. The van der Waals surface area contributed by atoms with E-state index in [0.717, 1.165) is 33.3 Å². The molecule has 5 rings (SSSR count). The Kier molecular flexibility index (Phi) is 8.23. The first kappa shape index (κ1) is 26.7. The molecule has 0 radical (unpaired) electrons. The molecule has 0 spiro atoms. The van der Waals surface area contributed by atoms with Gasteiger partial charge >= 0.3 is 0 Å². The normalized spacial score (nSPS) is 11.0. The van der Waals surface area contributed by atoms with E-state index in [0.29, 0.717) is 27.8 Å². The molecule has 1 N–H and O–H groups in total. The number of halogens is 1. The van der Waals surface area contributed by atoms with Crippen molar-refractivity contribution in [1.29, 1.82) is 0 Å². The molecule has 0 unspecified atom stereocenters. The first-order valence-electron chi connectivity index (χ1n) is 12.5. The third-order valence-electron chi connectivity index (χ3n) is 6.21. The third kappa shape index (κ3) is 6.22. The van der Waals surface area contributed by atoms with E-state index in [-0.39, 0.29) is 6.61 Å². The van der Waals surface area contributed by atoms with Crippen LogP contribution in [0.4, 0.5) is 0 Å². The van der Waals surface area contributed by atoms with Gasteiger partial charge in [-0.05, 0) is 77.9 Å². The molecule has 0 atom stereocenters. The summed E-state index contributed by atoms with van der Waals surface area (Å²) in [6, 6.07) is 30.7. The number of carbonyl (C=O) groups is 1. The molecule has 200 valence electrons. The number of rotatable bonds is 9. The number of nitrogens with one attached hydrogen (secondary N) is 1. The number of pyridine rings is 1. The summed E-state index contributed by atoms with van der Waals surface area (Å²) < 4.78 is 16.2. The predicted octanol–water partition coefficient (Wildman–Crippen LogP) is 6.77. The molecule has 0 aliphatic carbocycles. The number of methoxy groups -OCH3 is 2. The average molecular weight is 552 g/mol. The monoisotopic (exact) mass is 551 g/mol. The molecule has 0 fully saturated rings. The van der Waals surface area contributed by atoms with Crippen LogP contribution in [0.25, 0.3) is 33.3 Å². The van der Waals surface area contributed by atoms with Crippen molar-refractivity contribution in [2.45, 2.75) is 0 Å². The molecule has 1 amide bonds. The predicted molar refractivity (Wildman–Crippen MR) is 158 cm³/mol. The van der Waals surface area contributed by atoms with Crippen molar-refractivity contribution in [3.05, 3.63) is 108 Å². The molecule has 8 heteroatoms. The highest BCUT2D eigenvalue weighted by Crippen LogP contribution is 2.34. The summed E-state index contributed by atoms with van der Waals surface area (Å²) in [5, 5.41) is 5.65. The zero-order valence-corrected chi connectivity index (χ0v) is 22.7. The second-order valence-corrected chi connectivity index (χ2v) is 9.23. The van der Waals surface area contributed by atoms with E-state index < -0.39 is 5.91 Å². The molecule has 1 aromatic heterocycles. The van der Waals surface area contributed by atoms with Crippen LogP contribution >= 0.6 is 11.6 Å². The SMILES string of the molecule is COc1ccc(OC)c(C=NNC(=O)COc2ccc(-c3cc(-c4ccccc4)c4cc(Cl)ccc4n3)cc2)c1. The van der Waals surface area contributed by atoms with Gasteiger partial charge in [-0.2, -0.15) is 5.10 Å². The lowest BCUT2D eigenvalue weighted by Gasteiger charge is -2.11. The fourth-order valence-corrected chi connectivity index (χ4v) is 4.39. The van der Waals surface area contributed by atoms with Gasteiger partial charge in [-0.25, -0.2) is 10.4 Å². The number of hydrazone groups is 1. The van der Waals surface area contributed by atoms with Crippen molar-refractivity contribution in [2.24, 2.45) is 5.10 Å². The number of carbonyl (C=O) groups excluding carboxylic acids is 1. The zero-order valence-electron chi connectivity index (χ0n) is 21.9. The maximum Gasteiger partial charge on any atom is 0.277 e. The molecule has 4 aromatic carbocycles. The first-order chi connectivity index (χ1) is 19.5. The van der Waals surface area contributed by atoms with Crippen LogP contribution in [0.1, 0.15) is 5.56 Å². The Labute approximate surface area is 237 Å². The number of benzene rings is 4. The van der Waals surface area contributed by atoms with Crippen molar-refractivity contribution in [3.63, 3.8) is 0 Å². The van der Waals surface area contributed by atoms with Crippen LogP contribution in [0.2, 0.25) is 5.02 Å². The summed E-state index contributed by atoms with van der Waals surface area (Å²) in [4.78, 5) is 17.1. The van der Waals surface area contributed by atoms with E-state index in [1.54, 1.807) is 32.4 Å². The lowest BCUT2D eigenvalue weighted by molar-refractivity contribution is -0.123. The van der Waals surface area contributed by atoms with E-state index in [2.05, 4.69) is 28.7 Å². The quantitative estimate of drug-likeness (QED) is 0.161. The van der Waals surface area contributed by atoms with E-state index in [1.807, 2.05) is 60.7 Å². The van der Waals surface area contributed by atoms with Crippen LogP contribution in [0, 0.1) is 0 Å². The number of hydrogen-bond donors (Lipinski definition) is 1. The maximum atomic E-state index is 12.3.